The van der Waals surface area contributed by atoms with Crippen LogP contribution < -0.4 is 17.2 Å². The number of nitrogens with one attached hydrogen (secondary N) is 3. The minimum Gasteiger partial charge on any atom is -0.390 e. The summed E-state index contributed by atoms with van der Waals surface area (Å²) in [6, 6.07) is 24.3. The minimum absolute atomic E-state index is 0.000720. The van der Waals surface area contributed by atoms with E-state index in [0.717, 1.165) is 151 Å². The number of aryl methyl sites for hydroxylation is 3. The number of hydrogen-bond acceptors (Lipinski definition) is 24. The van der Waals surface area contributed by atoms with Crippen molar-refractivity contribution >= 4 is 83.8 Å². The maximum absolute atomic E-state index is 10.9. The zero-order valence-corrected chi connectivity index (χ0v) is 70.8. The molecule has 10 heterocycles. The van der Waals surface area contributed by atoms with Crippen molar-refractivity contribution in [1.29, 1.82) is 0 Å². The molecule has 6 fully saturated rings. The predicted molar refractivity (Wildman–Crippen MR) is 461 cm³/mol. The molecule has 119 heavy (non-hydrogen) atoms. The summed E-state index contributed by atoms with van der Waals surface area (Å²) in [4.78, 5) is 61.4. The van der Waals surface area contributed by atoms with Crippen molar-refractivity contribution in [3.05, 3.63) is 139 Å². The smallest absolute Gasteiger partial charge is 0.167 e. The quantitative estimate of drug-likeness (QED) is 0.0267. The largest absolute Gasteiger partial charge is 0.390 e. The van der Waals surface area contributed by atoms with E-state index >= 15 is 0 Å². The van der Waals surface area contributed by atoms with Gasteiger partial charge in [-0.15, -0.1) is 0 Å². The molecule has 30 heteroatoms. The van der Waals surface area contributed by atoms with E-state index in [0.29, 0.717) is 96.0 Å². The van der Waals surface area contributed by atoms with E-state index in [1.807, 2.05) is 33.7 Å². The number of nitrogens with zero attached hydrogens (tertiary/aromatic N) is 16. The molecule has 5 aliphatic carbocycles. The molecule has 5 saturated carbocycles. The summed E-state index contributed by atoms with van der Waals surface area (Å²) in [6.45, 7) is 20.5. The van der Waals surface area contributed by atoms with Gasteiger partial charge in [0.2, 0.25) is 0 Å². The van der Waals surface area contributed by atoms with E-state index in [4.69, 9.17) is 41.6 Å². The number of rotatable bonds is 24. The first-order valence-electron chi connectivity index (χ1n) is 42.7. The van der Waals surface area contributed by atoms with E-state index in [-0.39, 0.29) is 46.0 Å². The number of anilines is 3. The molecule has 12 aromatic rings. The summed E-state index contributed by atoms with van der Waals surface area (Å²) < 4.78 is 17.0. The van der Waals surface area contributed by atoms with Crippen LogP contribution in [-0.4, -0.2) is 239 Å². The second-order valence-electron chi connectivity index (χ2n) is 38.1. The first-order chi connectivity index (χ1) is 56.8. The number of likely N-dealkylation sites (N-methyl/N-ethyl adjacent to an activating group) is 1. The van der Waals surface area contributed by atoms with Gasteiger partial charge in [-0.2, -0.15) is 0 Å². The molecular formula is C89H122N22O8. The van der Waals surface area contributed by atoms with Gasteiger partial charge >= 0.3 is 0 Å². The fourth-order valence-electron chi connectivity index (χ4n) is 19.5. The van der Waals surface area contributed by atoms with E-state index in [2.05, 4.69) is 196 Å². The van der Waals surface area contributed by atoms with Crippen LogP contribution >= 0.6 is 0 Å². The first-order valence-corrected chi connectivity index (χ1v) is 42.7. The molecule has 0 bridgehead atoms. The molecule has 9 aromatic heterocycles. The number of methoxy groups -OCH3 is 1. The average Bonchev–Trinajstić information content (AvgIpc) is 1.62. The second-order valence-corrected chi connectivity index (χ2v) is 38.1. The number of imidazole rings is 4. The lowest BCUT2D eigenvalue weighted by atomic mass is 9.76. The minimum atomic E-state index is -1.11. The van der Waals surface area contributed by atoms with Crippen molar-refractivity contribution in [2.24, 2.45) is 29.6 Å². The number of aromatic amines is 3. The van der Waals surface area contributed by atoms with Gasteiger partial charge in [0.1, 0.15) is 95.4 Å². The number of aliphatic hydroxyl groups is 6. The number of H-pyrrole nitrogens is 3. The molecule has 0 radical (unpaired) electrons. The molecule has 18 rings (SSSR count). The normalized spacial score (nSPS) is 27.3. The summed E-state index contributed by atoms with van der Waals surface area (Å²) in [5.74, 6) is 6.31. The lowest BCUT2D eigenvalue weighted by Crippen LogP contribution is -2.47. The van der Waals surface area contributed by atoms with Gasteiger partial charge < -0.3 is 96.1 Å². The van der Waals surface area contributed by atoms with E-state index < -0.39 is 49.0 Å². The Balaban J connectivity index is 0.000000133. The van der Waals surface area contributed by atoms with Gasteiger partial charge in [-0.25, -0.2) is 49.8 Å². The molecule has 0 spiro atoms. The maximum atomic E-state index is 10.9. The van der Waals surface area contributed by atoms with E-state index in [9.17, 15) is 30.6 Å². The zero-order chi connectivity index (χ0) is 83.8. The number of nitrogen functional groups attached to an aromatic ring is 3. The van der Waals surface area contributed by atoms with E-state index in [1.54, 1.807) is 11.7 Å². The number of fused-ring (bicyclic) bond motifs is 6. The van der Waals surface area contributed by atoms with Crippen LogP contribution in [0.3, 0.4) is 0 Å². The summed E-state index contributed by atoms with van der Waals surface area (Å²) >= 11 is 0. The maximum Gasteiger partial charge on any atom is 0.167 e. The van der Waals surface area contributed by atoms with E-state index in [1.165, 1.54) is 42.0 Å². The fourth-order valence-corrected chi connectivity index (χ4v) is 19.5. The number of ether oxygens (including phenoxy) is 2. The highest BCUT2D eigenvalue weighted by Crippen LogP contribution is 2.45. The molecule has 3 aromatic carbocycles. The van der Waals surface area contributed by atoms with Crippen molar-refractivity contribution < 1.29 is 40.1 Å². The molecule has 30 nitrogen and oxygen atoms in total. The van der Waals surface area contributed by atoms with Crippen molar-refractivity contribution in [3.63, 3.8) is 0 Å². The lowest BCUT2D eigenvalue weighted by Gasteiger charge is -2.42. The zero-order valence-electron chi connectivity index (χ0n) is 70.8. The number of nitrogens with two attached hydrogens (primary N) is 3. The highest BCUT2D eigenvalue weighted by atomic mass is 16.6. The molecule has 12 atom stereocenters. The molecule has 636 valence electrons. The Kier molecular flexibility index (Phi) is 23.6. The topological polar surface area (TPSA) is 419 Å². The highest BCUT2D eigenvalue weighted by Gasteiger charge is 2.49. The lowest BCUT2D eigenvalue weighted by molar-refractivity contribution is -0.0514. The Hall–Kier alpha value is -9.18. The SMILES string of the molecule is CN(C[C@H]1C[C@@H](n2ccc3c(N)ncnc32)[C@H](O)[C@@H]1O)C1CC(CCc2nc3ccc(C(C)(C)C)cc3[nH]2)C1.CN(C[C@H]1C[C@@H](n2ccc3c(N)ncnc32)[C@H](O)[C@@H]1O)C1CC(CCc2nc3ccc(C(C)(C)C)cc3[nH]2)C1.COCC(C)(C)c1ccc2nc(CCC3CC(N(C)C[C@H]4O[C@@H](n5cnc6c(N)ncnc65)[C@H](O)[C@@H]4O)C3)[nH]c2c1. The third-order valence-electron chi connectivity index (χ3n) is 27.3. The summed E-state index contributed by atoms with van der Waals surface area (Å²) in [7, 11) is 8.09. The number of hydrogen-bond donors (Lipinski definition) is 12. The Morgan fingerprint density at radius 1 is 0.454 bits per heavy atom. The summed E-state index contributed by atoms with van der Waals surface area (Å²) in [5.41, 5.74) is 30.7. The first kappa shape index (κ1) is 83.5. The Morgan fingerprint density at radius 2 is 0.849 bits per heavy atom. The van der Waals surface area contributed by atoms with Gasteiger partial charge in [0.15, 0.2) is 17.7 Å². The molecule has 1 saturated heterocycles. The molecule has 1 aliphatic heterocycles. The Morgan fingerprint density at radius 3 is 1.27 bits per heavy atom. The van der Waals surface area contributed by atoms with Crippen LogP contribution in [0.15, 0.2) is 104 Å². The predicted octanol–water partition coefficient (Wildman–Crippen LogP) is 9.80. The second kappa shape index (κ2) is 33.7. The van der Waals surface area contributed by atoms with Crippen LogP contribution in [0.2, 0.25) is 0 Å². The number of aliphatic hydroxyl groups excluding tert-OH is 6. The van der Waals surface area contributed by atoms with Crippen LogP contribution in [0.4, 0.5) is 17.5 Å². The van der Waals surface area contributed by atoms with Gasteiger partial charge in [0.05, 0.1) is 81.1 Å². The fraction of sp³-hybridized carbons (Fsp3) is 0.573. The van der Waals surface area contributed by atoms with Gasteiger partial charge in [-0.1, -0.05) is 73.6 Å². The van der Waals surface area contributed by atoms with Crippen molar-refractivity contribution in [1.82, 2.24) is 93.2 Å². The Bertz CT molecular complexity index is 5280. The van der Waals surface area contributed by atoms with Crippen LogP contribution in [0.25, 0.3) is 66.3 Å². The van der Waals surface area contributed by atoms with Crippen LogP contribution in [0.1, 0.15) is 178 Å². The van der Waals surface area contributed by atoms with Crippen molar-refractivity contribution in [2.45, 2.75) is 241 Å². The molecular weight excluding hydrogens is 1510 g/mol. The van der Waals surface area contributed by atoms with Gasteiger partial charge in [-0.3, -0.25) is 4.57 Å². The monoisotopic (exact) mass is 1630 g/mol. The van der Waals surface area contributed by atoms with Gasteiger partial charge in [-0.05, 0) is 186 Å². The van der Waals surface area contributed by atoms with Crippen LogP contribution in [-0.2, 0) is 45.0 Å². The number of benzene rings is 3. The van der Waals surface area contributed by atoms with Crippen molar-refractivity contribution in [2.75, 3.05) is 71.7 Å². The molecule has 0 amide bonds. The summed E-state index contributed by atoms with van der Waals surface area (Å²) in [6.07, 6.45) is 17.3. The molecule has 0 unspecified atom stereocenters. The molecule has 15 N–H and O–H groups in total. The third kappa shape index (κ3) is 17.3. The standard InChI is InChI=1S/2C30H41N7O2.C29H40N8O4/c2*1-30(2,3)19-6-7-22-23(14-19)35-25(34-22)8-5-17-11-20(12-17)36(4)15-18-13-24(27(39)26(18)38)37-10-9-21-28(31)32-16-33-29(21)37;1-29(2,13-40-4)17-6-7-19-20(11-17)35-22(34-19)8-5-16-9-18(10-16)36(3)12-21-24(38)25(39)28(41-21)37-15-33-23-26(30)31-14-32-27(23)37/h2*6-7,9-10,14,16-18,20,24,26-27,38-39H,5,8,11-13,15H2,1-4H3,(H,34,35)(H2,31,32,33);6-7,11,14-16,18,21,24-25,28,38-39H,5,8-10,12-13H2,1-4H3,(H,34,35)(H2,30,31,32)/t2*17?,18-,20?,24-,26-,27+;16?,18?,21-,24-,25-,28-/m111/s1. The highest BCUT2D eigenvalue weighted by molar-refractivity contribution is 5.87. The average molecular weight is 1630 g/mol. The summed E-state index contributed by atoms with van der Waals surface area (Å²) in [5, 5.41) is 66.7. The van der Waals surface area contributed by atoms with Gasteiger partial charge in [0, 0.05) is 93.8 Å². The molecule has 6 aliphatic rings. The van der Waals surface area contributed by atoms with Crippen LogP contribution in [0, 0.1) is 29.6 Å². The van der Waals surface area contributed by atoms with Crippen molar-refractivity contribution in [3.8, 4) is 0 Å². The third-order valence-corrected chi connectivity index (χ3v) is 27.3. The van der Waals surface area contributed by atoms with Crippen LogP contribution in [0.5, 0.6) is 0 Å². The Labute approximate surface area is 694 Å². The van der Waals surface area contributed by atoms with Gasteiger partial charge in [0.25, 0.3) is 0 Å². The number of aromatic nitrogens is 16.